The maximum absolute atomic E-state index is 12.7. The first-order valence-electron chi connectivity index (χ1n) is 7.07. The number of aromatic nitrogens is 3. The normalized spacial score (nSPS) is 11.4. The molecule has 0 amide bonds. The van der Waals surface area contributed by atoms with Gasteiger partial charge in [0.25, 0.3) is 0 Å². The van der Waals surface area contributed by atoms with Gasteiger partial charge in [0, 0.05) is 4.47 Å². The summed E-state index contributed by atoms with van der Waals surface area (Å²) in [6.07, 6.45) is 0. The molecule has 0 aliphatic rings. The second-order valence-corrected chi connectivity index (χ2v) is 7.98. The van der Waals surface area contributed by atoms with Crippen LogP contribution in [0.2, 0.25) is 0 Å². The van der Waals surface area contributed by atoms with Gasteiger partial charge in [0.05, 0.1) is 21.8 Å². The number of carbonyl (C=O) groups is 1. The molecular formula is C16H12BrN3O4S. The highest BCUT2D eigenvalue weighted by Crippen LogP contribution is 2.24. The van der Waals surface area contributed by atoms with Crippen LogP contribution in [-0.4, -0.2) is 34.5 Å². The van der Waals surface area contributed by atoms with Gasteiger partial charge in [0.15, 0.2) is 0 Å². The van der Waals surface area contributed by atoms with E-state index in [1.807, 2.05) is 0 Å². The van der Waals surface area contributed by atoms with Crippen LogP contribution in [0.3, 0.4) is 0 Å². The lowest BCUT2D eigenvalue weighted by Gasteiger charge is -2.05. The van der Waals surface area contributed by atoms with E-state index < -0.39 is 15.8 Å². The van der Waals surface area contributed by atoms with Crippen molar-refractivity contribution >= 4 is 31.7 Å². The summed E-state index contributed by atoms with van der Waals surface area (Å²) in [6.45, 7) is 1.59. The molecule has 3 aromatic rings. The zero-order valence-corrected chi connectivity index (χ0v) is 15.3. The molecule has 25 heavy (non-hydrogen) atoms. The third-order valence-corrected chi connectivity index (χ3v) is 5.90. The first-order valence-corrected chi connectivity index (χ1v) is 9.35. The second-order valence-electron chi connectivity index (χ2n) is 5.20. The Morgan fingerprint density at radius 1 is 1.08 bits per heavy atom. The Bertz CT molecular complexity index is 1040. The third kappa shape index (κ3) is 3.20. The average Bonchev–Trinajstić information content (AvgIpc) is 2.97. The van der Waals surface area contributed by atoms with Gasteiger partial charge in [0.1, 0.15) is 0 Å². The van der Waals surface area contributed by atoms with Crippen molar-refractivity contribution in [2.24, 2.45) is 0 Å². The van der Waals surface area contributed by atoms with Gasteiger partial charge < -0.3 is 5.11 Å². The van der Waals surface area contributed by atoms with Crippen LogP contribution in [0, 0.1) is 6.92 Å². The van der Waals surface area contributed by atoms with Crippen LogP contribution in [0.15, 0.2) is 62.9 Å². The van der Waals surface area contributed by atoms with Crippen molar-refractivity contribution in [1.82, 2.24) is 15.0 Å². The molecule has 0 bridgehead atoms. The van der Waals surface area contributed by atoms with E-state index in [9.17, 15) is 13.2 Å². The number of benzene rings is 2. The molecule has 1 N–H and O–H groups in total. The van der Waals surface area contributed by atoms with Crippen LogP contribution in [0.5, 0.6) is 0 Å². The van der Waals surface area contributed by atoms with Gasteiger partial charge >= 0.3 is 5.97 Å². The van der Waals surface area contributed by atoms with Crippen LogP contribution in [-0.2, 0) is 9.84 Å². The summed E-state index contributed by atoms with van der Waals surface area (Å²) >= 11 is 3.26. The fraction of sp³-hybridized carbons (Fsp3) is 0.0625. The third-order valence-electron chi connectivity index (χ3n) is 3.59. The summed E-state index contributed by atoms with van der Waals surface area (Å²) in [5.74, 6) is -1.04. The van der Waals surface area contributed by atoms with Crippen LogP contribution in [0.25, 0.3) is 5.69 Å². The molecule has 0 saturated carbocycles. The topological polar surface area (TPSA) is 102 Å². The molecule has 0 spiro atoms. The SMILES string of the molecule is Cc1c(S(=O)(=O)c2ccc(Br)cc2)nnn1-c1ccc(C(=O)O)cc1. The maximum atomic E-state index is 12.7. The molecule has 1 aromatic heterocycles. The van der Waals surface area contributed by atoms with Gasteiger partial charge in [0.2, 0.25) is 14.9 Å². The lowest BCUT2D eigenvalue weighted by atomic mass is 10.2. The Morgan fingerprint density at radius 3 is 2.24 bits per heavy atom. The minimum Gasteiger partial charge on any atom is -0.478 e. The number of carboxylic acids is 1. The minimum absolute atomic E-state index is 0.118. The van der Waals surface area contributed by atoms with E-state index in [4.69, 9.17) is 5.11 Å². The highest BCUT2D eigenvalue weighted by atomic mass is 79.9. The van der Waals surface area contributed by atoms with Crippen molar-refractivity contribution in [3.8, 4) is 5.69 Å². The molecule has 0 atom stereocenters. The summed E-state index contributed by atoms with van der Waals surface area (Å²) in [5, 5.41) is 16.5. The quantitative estimate of drug-likeness (QED) is 0.694. The van der Waals surface area contributed by atoms with Gasteiger partial charge in [-0.2, -0.15) is 0 Å². The Morgan fingerprint density at radius 2 is 1.68 bits per heavy atom. The Balaban J connectivity index is 2.03. The Kier molecular flexibility index (Phi) is 4.44. The number of rotatable bonds is 4. The van der Waals surface area contributed by atoms with Gasteiger partial charge in [-0.15, -0.1) is 5.10 Å². The molecule has 0 fully saturated rings. The van der Waals surface area contributed by atoms with Crippen LogP contribution in [0.4, 0.5) is 0 Å². The van der Waals surface area contributed by atoms with Crippen molar-refractivity contribution in [1.29, 1.82) is 0 Å². The molecule has 0 aliphatic heterocycles. The van der Waals surface area contributed by atoms with E-state index in [2.05, 4.69) is 26.2 Å². The number of aromatic carboxylic acids is 1. The predicted molar refractivity (Wildman–Crippen MR) is 92.6 cm³/mol. The van der Waals surface area contributed by atoms with Gasteiger partial charge in [-0.25, -0.2) is 17.9 Å². The van der Waals surface area contributed by atoms with Gasteiger partial charge in [-0.1, -0.05) is 21.1 Å². The molecule has 1 heterocycles. The van der Waals surface area contributed by atoms with Crippen molar-refractivity contribution in [3.63, 3.8) is 0 Å². The summed E-state index contributed by atoms with van der Waals surface area (Å²) < 4.78 is 27.6. The van der Waals surface area contributed by atoms with Crippen LogP contribution in [0.1, 0.15) is 16.1 Å². The molecule has 0 saturated heterocycles. The smallest absolute Gasteiger partial charge is 0.335 e. The first kappa shape index (κ1) is 17.3. The van der Waals surface area contributed by atoms with Crippen molar-refractivity contribution in [3.05, 3.63) is 64.3 Å². The van der Waals surface area contributed by atoms with Crippen LogP contribution < -0.4 is 0 Å². The molecule has 3 rings (SSSR count). The number of carboxylic acid groups (broad SMARTS) is 1. The van der Waals surface area contributed by atoms with Crippen molar-refractivity contribution in [2.45, 2.75) is 16.8 Å². The largest absolute Gasteiger partial charge is 0.478 e. The lowest BCUT2D eigenvalue weighted by Crippen LogP contribution is -2.06. The monoisotopic (exact) mass is 421 g/mol. The van der Waals surface area contributed by atoms with E-state index in [1.54, 1.807) is 31.2 Å². The lowest BCUT2D eigenvalue weighted by molar-refractivity contribution is 0.0697. The molecule has 7 nitrogen and oxygen atoms in total. The zero-order valence-electron chi connectivity index (χ0n) is 12.9. The molecule has 2 aromatic carbocycles. The predicted octanol–water partition coefficient (Wildman–Crippen LogP) is 2.87. The molecule has 0 radical (unpaired) electrons. The first-order chi connectivity index (χ1) is 11.8. The number of hydrogen-bond acceptors (Lipinski definition) is 5. The molecule has 128 valence electrons. The van der Waals surface area contributed by atoms with Gasteiger partial charge in [-0.05, 0) is 55.5 Å². The maximum Gasteiger partial charge on any atom is 0.335 e. The van der Waals surface area contributed by atoms with Crippen molar-refractivity contribution < 1.29 is 18.3 Å². The van der Waals surface area contributed by atoms with E-state index in [0.717, 1.165) is 4.47 Å². The Hall–Kier alpha value is -2.52. The number of nitrogens with zero attached hydrogens (tertiary/aromatic N) is 3. The highest BCUT2D eigenvalue weighted by molar-refractivity contribution is 9.10. The molecule has 0 aliphatic carbocycles. The van der Waals surface area contributed by atoms with Gasteiger partial charge in [-0.3, -0.25) is 0 Å². The van der Waals surface area contributed by atoms with E-state index in [0.29, 0.717) is 11.4 Å². The van der Waals surface area contributed by atoms with Crippen molar-refractivity contribution in [2.75, 3.05) is 0 Å². The summed E-state index contributed by atoms with van der Waals surface area (Å²) in [5.41, 5.74) is 0.988. The second kappa shape index (κ2) is 6.41. The van der Waals surface area contributed by atoms with E-state index in [1.165, 1.54) is 28.9 Å². The summed E-state index contributed by atoms with van der Waals surface area (Å²) in [7, 11) is -3.80. The molecule has 0 unspecified atom stereocenters. The summed E-state index contributed by atoms with van der Waals surface area (Å²) in [6, 6.07) is 12.2. The standard InChI is InChI=1S/C16H12BrN3O4S/c1-10-15(25(23,24)14-8-4-12(17)5-9-14)18-19-20(10)13-6-2-11(3-7-13)16(21)22/h2-9H,1H3,(H,21,22). The van der Waals surface area contributed by atoms with Crippen LogP contribution >= 0.6 is 15.9 Å². The summed E-state index contributed by atoms with van der Waals surface area (Å²) in [4.78, 5) is 11.0. The highest BCUT2D eigenvalue weighted by Gasteiger charge is 2.25. The fourth-order valence-electron chi connectivity index (χ4n) is 2.28. The zero-order chi connectivity index (χ0) is 18.2. The van der Waals surface area contributed by atoms with E-state index in [-0.39, 0.29) is 15.5 Å². The number of halogens is 1. The Labute approximate surface area is 152 Å². The minimum atomic E-state index is -3.80. The fourth-order valence-corrected chi connectivity index (χ4v) is 3.88. The molecule has 9 heteroatoms. The number of sulfone groups is 1. The average molecular weight is 422 g/mol. The van der Waals surface area contributed by atoms with E-state index >= 15 is 0 Å². The number of hydrogen-bond donors (Lipinski definition) is 1. The molecular weight excluding hydrogens is 410 g/mol.